The number of hydrogen-bond acceptors (Lipinski definition) is 4. The average Bonchev–Trinajstić information content (AvgIpc) is 2.98. The number of nitrogens with one attached hydrogen (secondary N) is 1. The Kier molecular flexibility index (Phi) is 5.30. The molecule has 4 nitrogen and oxygen atoms in total. The molecule has 0 saturated heterocycles. The lowest BCUT2D eigenvalue weighted by Gasteiger charge is -2.12. The van der Waals surface area contributed by atoms with Crippen LogP contribution in [0, 0.1) is 0 Å². The van der Waals surface area contributed by atoms with E-state index < -0.39 is 0 Å². The van der Waals surface area contributed by atoms with Crippen molar-refractivity contribution in [2.45, 2.75) is 45.6 Å². The molecule has 1 N–H and O–H groups in total. The molecular formula is C16H23N3O. The number of aromatic nitrogens is 2. The molecule has 0 aliphatic carbocycles. The molecule has 2 aromatic rings. The van der Waals surface area contributed by atoms with Gasteiger partial charge in [-0.05, 0) is 31.9 Å². The van der Waals surface area contributed by atoms with E-state index in [1.54, 1.807) is 0 Å². The van der Waals surface area contributed by atoms with Crippen LogP contribution < -0.4 is 5.32 Å². The zero-order chi connectivity index (χ0) is 14.4. The Bertz CT molecular complexity index is 509. The Morgan fingerprint density at radius 2 is 1.80 bits per heavy atom. The van der Waals surface area contributed by atoms with Gasteiger partial charge in [-0.3, -0.25) is 0 Å². The minimum Gasteiger partial charge on any atom is -0.423 e. The topological polar surface area (TPSA) is 51.0 Å². The van der Waals surface area contributed by atoms with Crippen LogP contribution in [-0.2, 0) is 0 Å². The normalized spacial score (nSPS) is 14.2. The van der Waals surface area contributed by atoms with Crippen LogP contribution in [-0.4, -0.2) is 16.7 Å². The first-order valence-electron chi connectivity index (χ1n) is 7.37. The molecule has 0 amide bonds. The molecule has 0 aliphatic heterocycles. The molecular weight excluding hydrogens is 250 g/mol. The molecule has 1 aromatic heterocycles. The molecule has 2 rings (SSSR count). The zero-order valence-electron chi connectivity index (χ0n) is 12.5. The number of rotatable bonds is 7. The molecule has 108 valence electrons. The first-order valence-corrected chi connectivity index (χ1v) is 7.37. The van der Waals surface area contributed by atoms with Gasteiger partial charge in [0.05, 0.1) is 12.0 Å². The van der Waals surface area contributed by atoms with Crippen LogP contribution in [0.2, 0.25) is 0 Å². The van der Waals surface area contributed by atoms with Gasteiger partial charge < -0.3 is 9.73 Å². The van der Waals surface area contributed by atoms with Crippen molar-refractivity contribution in [3.05, 3.63) is 47.7 Å². The van der Waals surface area contributed by atoms with Gasteiger partial charge in [0.2, 0.25) is 11.8 Å². The third-order valence-electron chi connectivity index (χ3n) is 3.47. The van der Waals surface area contributed by atoms with Gasteiger partial charge in [0.15, 0.2) is 0 Å². The standard InChI is InChI=1S/C16H23N3O/c1-4-11-17-14(5-2)16-19-18-15(20-16)12(3)13-9-7-6-8-10-13/h6-10,12,14,17H,4-5,11H2,1-3H3. The lowest BCUT2D eigenvalue weighted by molar-refractivity contribution is 0.368. The van der Waals surface area contributed by atoms with E-state index in [9.17, 15) is 0 Å². The summed E-state index contributed by atoms with van der Waals surface area (Å²) in [6.45, 7) is 7.33. The molecule has 2 atom stereocenters. The summed E-state index contributed by atoms with van der Waals surface area (Å²) in [5.41, 5.74) is 1.19. The fourth-order valence-corrected chi connectivity index (χ4v) is 2.17. The molecule has 0 bridgehead atoms. The van der Waals surface area contributed by atoms with Crippen LogP contribution in [0.25, 0.3) is 0 Å². The molecule has 1 aromatic carbocycles. The van der Waals surface area contributed by atoms with Crippen LogP contribution in [0.4, 0.5) is 0 Å². The quantitative estimate of drug-likeness (QED) is 0.836. The van der Waals surface area contributed by atoms with Gasteiger partial charge in [0.1, 0.15) is 0 Å². The molecule has 0 saturated carbocycles. The summed E-state index contributed by atoms with van der Waals surface area (Å²) < 4.78 is 5.87. The van der Waals surface area contributed by atoms with Crippen LogP contribution in [0.1, 0.15) is 62.9 Å². The van der Waals surface area contributed by atoms with E-state index in [4.69, 9.17) is 4.42 Å². The lowest BCUT2D eigenvalue weighted by Crippen LogP contribution is -2.21. The summed E-state index contributed by atoms with van der Waals surface area (Å²) in [7, 11) is 0. The Labute approximate surface area is 120 Å². The lowest BCUT2D eigenvalue weighted by atomic mass is 10.0. The predicted molar refractivity (Wildman–Crippen MR) is 79.6 cm³/mol. The van der Waals surface area contributed by atoms with Gasteiger partial charge >= 0.3 is 0 Å². The van der Waals surface area contributed by atoms with E-state index in [0.717, 1.165) is 19.4 Å². The first-order chi connectivity index (χ1) is 9.76. The maximum atomic E-state index is 5.87. The smallest absolute Gasteiger partial charge is 0.233 e. The first kappa shape index (κ1) is 14.7. The maximum absolute atomic E-state index is 5.87. The Balaban J connectivity index is 2.11. The molecule has 2 unspecified atom stereocenters. The van der Waals surface area contributed by atoms with Crippen molar-refractivity contribution < 1.29 is 4.42 Å². The summed E-state index contributed by atoms with van der Waals surface area (Å²) in [5, 5.41) is 11.9. The second-order valence-electron chi connectivity index (χ2n) is 5.03. The van der Waals surface area contributed by atoms with Crippen molar-refractivity contribution in [3.8, 4) is 0 Å². The second-order valence-corrected chi connectivity index (χ2v) is 5.03. The highest BCUT2D eigenvalue weighted by Gasteiger charge is 2.20. The van der Waals surface area contributed by atoms with Gasteiger partial charge in [-0.2, -0.15) is 0 Å². The molecule has 0 spiro atoms. The molecule has 4 heteroatoms. The predicted octanol–water partition coefficient (Wildman–Crippen LogP) is 3.67. The van der Waals surface area contributed by atoms with E-state index in [2.05, 4.69) is 48.4 Å². The third kappa shape index (κ3) is 3.45. The van der Waals surface area contributed by atoms with Crippen LogP contribution >= 0.6 is 0 Å². The number of benzene rings is 1. The van der Waals surface area contributed by atoms with E-state index in [1.165, 1.54) is 5.56 Å². The van der Waals surface area contributed by atoms with Crippen molar-refractivity contribution in [3.63, 3.8) is 0 Å². The SMILES string of the molecule is CCCNC(CC)c1nnc(C(C)c2ccccc2)o1. The highest BCUT2D eigenvalue weighted by molar-refractivity contribution is 5.23. The molecule has 0 fully saturated rings. The Morgan fingerprint density at radius 3 is 2.45 bits per heavy atom. The number of hydrogen-bond donors (Lipinski definition) is 1. The van der Waals surface area contributed by atoms with Crippen molar-refractivity contribution in [1.29, 1.82) is 0 Å². The number of nitrogens with zero attached hydrogens (tertiary/aromatic N) is 2. The average molecular weight is 273 g/mol. The van der Waals surface area contributed by atoms with E-state index >= 15 is 0 Å². The maximum Gasteiger partial charge on any atom is 0.233 e. The fraction of sp³-hybridized carbons (Fsp3) is 0.500. The molecule has 1 heterocycles. The van der Waals surface area contributed by atoms with Crippen molar-refractivity contribution in [2.75, 3.05) is 6.54 Å². The van der Waals surface area contributed by atoms with Crippen molar-refractivity contribution in [2.24, 2.45) is 0 Å². The molecule has 20 heavy (non-hydrogen) atoms. The Morgan fingerprint density at radius 1 is 1.10 bits per heavy atom. The van der Waals surface area contributed by atoms with E-state index in [-0.39, 0.29) is 12.0 Å². The van der Waals surface area contributed by atoms with Crippen molar-refractivity contribution in [1.82, 2.24) is 15.5 Å². The van der Waals surface area contributed by atoms with Crippen molar-refractivity contribution >= 4 is 0 Å². The van der Waals surface area contributed by atoms with Gasteiger partial charge in [0, 0.05) is 0 Å². The monoisotopic (exact) mass is 273 g/mol. The minimum atomic E-state index is 0.126. The van der Waals surface area contributed by atoms with Crippen LogP contribution in [0.3, 0.4) is 0 Å². The summed E-state index contributed by atoms with van der Waals surface area (Å²) in [6.07, 6.45) is 2.04. The summed E-state index contributed by atoms with van der Waals surface area (Å²) in [6, 6.07) is 10.4. The van der Waals surface area contributed by atoms with Crippen LogP contribution in [0.15, 0.2) is 34.7 Å². The summed E-state index contributed by atoms with van der Waals surface area (Å²) in [4.78, 5) is 0. The van der Waals surface area contributed by atoms with Gasteiger partial charge in [-0.1, -0.05) is 44.2 Å². The van der Waals surface area contributed by atoms with Gasteiger partial charge in [0.25, 0.3) is 0 Å². The van der Waals surface area contributed by atoms with E-state index in [1.807, 2.05) is 18.2 Å². The van der Waals surface area contributed by atoms with Crippen LogP contribution in [0.5, 0.6) is 0 Å². The zero-order valence-corrected chi connectivity index (χ0v) is 12.5. The minimum absolute atomic E-state index is 0.126. The molecule has 0 aliphatic rings. The highest BCUT2D eigenvalue weighted by Crippen LogP contribution is 2.24. The van der Waals surface area contributed by atoms with Gasteiger partial charge in [-0.25, -0.2) is 0 Å². The van der Waals surface area contributed by atoms with E-state index in [0.29, 0.717) is 11.8 Å². The molecule has 0 radical (unpaired) electrons. The second kappa shape index (κ2) is 7.20. The Hall–Kier alpha value is -1.68. The summed E-state index contributed by atoms with van der Waals surface area (Å²) >= 11 is 0. The largest absolute Gasteiger partial charge is 0.423 e. The fourth-order valence-electron chi connectivity index (χ4n) is 2.17. The summed E-state index contributed by atoms with van der Waals surface area (Å²) in [5.74, 6) is 1.50. The highest BCUT2D eigenvalue weighted by atomic mass is 16.4. The van der Waals surface area contributed by atoms with Gasteiger partial charge in [-0.15, -0.1) is 10.2 Å². The third-order valence-corrected chi connectivity index (χ3v) is 3.47.